The summed E-state index contributed by atoms with van der Waals surface area (Å²) < 4.78 is 0. The third-order valence-electron chi connectivity index (χ3n) is 5.34. The highest BCUT2D eigenvalue weighted by Gasteiger charge is 2.23. The van der Waals surface area contributed by atoms with Gasteiger partial charge in [-0.05, 0) is 6.07 Å². The first-order valence-electron chi connectivity index (χ1n) is 9.21. The van der Waals surface area contributed by atoms with E-state index in [4.69, 9.17) is 4.99 Å². The summed E-state index contributed by atoms with van der Waals surface area (Å²) in [6.07, 6.45) is 12.2. The van der Waals surface area contributed by atoms with E-state index in [0.29, 0.717) is 0 Å². The van der Waals surface area contributed by atoms with Crippen molar-refractivity contribution in [1.82, 2.24) is 15.1 Å². The molecule has 1 aromatic heterocycles. The minimum Gasteiger partial charge on any atom is -0.367 e. The third-order valence-corrected chi connectivity index (χ3v) is 5.34. The van der Waals surface area contributed by atoms with Crippen LogP contribution >= 0.6 is 0 Å². The highest BCUT2D eigenvalue weighted by atomic mass is 15.3. The van der Waals surface area contributed by atoms with Crippen LogP contribution in [-0.4, -0.2) is 71.8 Å². The molecule has 0 amide bonds. The van der Waals surface area contributed by atoms with Gasteiger partial charge in [-0.1, -0.05) is 36.4 Å². The van der Waals surface area contributed by atoms with Gasteiger partial charge in [0.1, 0.15) is 0 Å². The molecule has 2 aromatic rings. The van der Waals surface area contributed by atoms with Crippen LogP contribution < -0.4 is 4.90 Å². The number of nitrogens with one attached hydrogen (secondary N) is 1. The van der Waals surface area contributed by atoms with Crippen molar-refractivity contribution in [2.45, 2.75) is 12.1 Å². The molecule has 1 fully saturated rings. The molecule has 2 unspecified atom stereocenters. The lowest BCUT2D eigenvalue weighted by atomic mass is 10.0. The number of piperazine rings is 1. The Morgan fingerprint density at radius 3 is 2.77 bits per heavy atom. The van der Waals surface area contributed by atoms with E-state index < -0.39 is 0 Å². The average Bonchev–Trinajstić information content (AvgIpc) is 3.17. The summed E-state index contributed by atoms with van der Waals surface area (Å²) in [4.78, 5) is 14.4. The molecule has 1 saturated heterocycles. The van der Waals surface area contributed by atoms with Crippen LogP contribution in [0.15, 0.2) is 58.7 Å². The highest BCUT2D eigenvalue weighted by molar-refractivity contribution is 6.32. The maximum Gasteiger partial charge on any atom is 0.0946 e. The molecule has 0 bridgehead atoms. The number of hydrogen-bond acceptors (Lipinski definition) is 5. The molecule has 0 spiro atoms. The minimum absolute atomic E-state index is 0.180. The van der Waals surface area contributed by atoms with E-state index in [2.05, 4.69) is 67.5 Å². The highest BCUT2D eigenvalue weighted by Crippen LogP contribution is 2.25. The number of hydrogen-bond donors (Lipinski definition) is 1. The fourth-order valence-corrected chi connectivity index (χ4v) is 3.91. The van der Waals surface area contributed by atoms with Crippen molar-refractivity contribution in [3.8, 4) is 0 Å². The Bertz CT molecular complexity index is 913. The predicted molar refractivity (Wildman–Crippen MR) is 107 cm³/mol. The van der Waals surface area contributed by atoms with Gasteiger partial charge in [0.2, 0.25) is 0 Å². The fraction of sp³-hybridized carbons (Fsp3) is 0.350. The SMILES string of the molecule is C1=CC2N=CC(CN3CCN(c4cccc5cn[nH]c45)CC3)=NC2C=C1. The Morgan fingerprint density at radius 2 is 1.88 bits per heavy atom. The molecule has 2 aliphatic heterocycles. The minimum atomic E-state index is 0.180. The summed E-state index contributed by atoms with van der Waals surface area (Å²) in [6.45, 7) is 4.96. The molecule has 6 nitrogen and oxygen atoms in total. The Labute approximate surface area is 152 Å². The van der Waals surface area contributed by atoms with Crippen LogP contribution in [0.5, 0.6) is 0 Å². The van der Waals surface area contributed by atoms with E-state index >= 15 is 0 Å². The van der Waals surface area contributed by atoms with Crippen LogP contribution in [0.4, 0.5) is 5.69 Å². The molecule has 26 heavy (non-hydrogen) atoms. The largest absolute Gasteiger partial charge is 0.367 e. The van der Waals surface area contributed by atoms with Crippen LogP contribution in [0.1, 0.15) is 0 Å². The van der Waals surface area contributed by atoms with E-state index in [1.54, 1.807) is 0 Å². The molecule has 0 radical (unpaired) electrons. The molecule has 2 atom stereocenters. The summed E-state index contributed by atoms with van der Waals surface area (Å²) >= 11 is 0. The lowest BCUT2D eigenvalue weighted by molar-refractivity contribution is 0.292. The maximum absolute atomic E-state index is 4.87. The molecular weight excluding hydrogens is 324 g/mol. The topological polar surface area (TPSA) is 59.9 Å². The molecule has 3 heterocycles. The number of aromatic amines is 1. The van der Waals surface area contributed by atoms with Crippen molar-refractivity contribution in [2.75, 3.05) is 37.6 Å². The van der Waals surface area contributed by atoms with Gasteiger partial charge in [-0.3, -0.25) is 20.0 Å². The van der Waals surface area contributed by atoms with Gasteiger partial charge in [0.25, 0.3) is 0 Å². The zero-order chi connectivity index (χ0) is 17.3. The van der Waals surface area contributed by atoms with E-state index in [0.717, 1.165) is 44.0 Å². The van der Waals surface area contributed by atoms with Crippen LogP contribution in [0.25, 0.3) is 10.9 Å². The van der Waals surface area contributed by atoms with Crippen molar-refractivity contribution in [2.24, 2.45) is 9.98 Å². The van der Waals surface area contributed by atoms with Crippen molar-refractivity contribution >= 4 is 28.5 Å². The van der Waals surface area contributed by atoms with E-state index in [-0.39, 0.29) is 12.1 Å². The second-order valence-electron chi connectivity index (χ2n) is 7.02. The zero-order valence-electron chi connectivity index (χ0n) is 14.6. The third kappa shape index (κ3) is 2.86. The summed E-state index contributed by atoms with van der Waals surface area (Å²) in [5.74, 6) is 0. The Hall–Kier alpha value is -2.73. The molecule has 5 rings (SSSR count). The number of anilines is 1. The molecule has 6 heteroatoms. The van der Waals surface area contributed by atoms with Crippen molar-refractivity contribution in [3.05, 3.63) is 48.7 Å². The quantitative estimate of drug-likeness (QED) is 0.926. The van der Waals surface area contributed by atoms with Crippen LogP contribution in [0, 0.1) is 0 Å². The van der Waals surface area contributed by atoms with Crippen molar-refractivity contribution in [1.29, 1.82) is 0 Å². The standard InChI is InChI=1S/C20H22N6/c1-2-6-18-17(5-1)21-13-16(23-18)14-25-8-10-26(11-9-25)19-7-3-4-15-12-22-24-20(15)19/h1-7,12-13,17-18H,8-11,14H2,(H,22,24). The van der Waals surface area contributed by atoms with Crippen molar-refractivity contribution < 1.29 is 0 Å². The number of allylic oxidation sites excluding steroid dienone is 2. The van der Waals surface area contributed by atoms with Gasteiger partial charge in [-0.15, -0.1) is 0 Å². The van der Waals surface area contributed by atoms with Gasteiger partial charge in [0.05, 0.1) is 35.2 Å². The second-order valence-corrected chi connectivity index (χ2v) is 7.02. The van der Waals surface area contributed by atoms with Gasteiger partial charge >= 0.3 is 0 Å². The fourth-order valence-electron chi connectivity index (χ4n) is 3.91. The molecular formula is C20H22N6. The lowest BCUT2D eigenvalue weighted by Crippen LogP contribution is -2.48. The predicted octanol–water partition coefficient (Wildman–Crippen LogP) is 2.07. The molecule has 132 valence electrons. The average molecular weight is 346 g/mol. The van der Waals surface area contributed by atoms with Gasteiger partial charge in [0.15, 0.2) is 0 Å². The number of para-hydroxylation sites is 1. The second kappa shape index (κ2) is 6.53. The monoisotopic (exact) mass is 346 g/mol. The maximum atomic E-state index is 4.87. The Balaban J connectivity index is 1.23. The van der Waals surface area contributed by atoms with Gasteiger partial charge in [-0.25, -0.2) is 0 Å². The van der Waals surface area contributed by atoms with Gasteiger partial charge < -0.3 is 4.90 Å². The number of H-pyrrole nitrogens is 1. The van der Waals surface area contributed by atoms with Gasteiger partial charge in [-0.2, -0.15) is 5.10 Å². The number of fused-ring (bicyclic) bond motifs is 2. The van der Waals surface area contributed by atoms with E-state index in [1.165, 1.54) is 11.1 Å². The normalized spacial score (nSPS) is 25.5. The lowest BCUT2D eigenvalue weighted by Gasteiger charge is -2.36. The summed E-state index contributed by atoms with van der Waals surface area (Å²) in [6, 6.07) is 6.75. The molecule has 0 saturated carbocycles. The Kier molecular flexibility index (Phi) is 3.90. The van der Waals surface area contributed by atoms with E-state index in [1.807, 2.05) is 12.4 Å². The number of nitrogens with zero attached hydrogens (tertiary/aromatic N) is 5. The first-order valence-corrected chi connectivity index (χ1v) is 9.21. The summed E-state index contributed by atoms with van der Waals surface area (Å²) in [5, 5.41) is 8.48. The van der Waals surface area contributed by atoms with Crippen LogP contribution in [0.2, 0.25) is 0 Å². The molecule has 3 aliphatic rings. The van der Waals surface area contributed by atoms with E-state index in [9.17, 15) is 0 Å². The summed E-state index contributed by atoms with van der Waals surface area (Å²) in [5.41, 5.74) is 3.47. The first kappa shape index (κ1) is 15.5. The summed E-state index contributed by atoms with van der Waals surface area (Å²) in [7, 11) is 0. The van der Waals surface area contributed by atoms with Gasteiger partial charge in [0, 0.05) is 44.3 Å². The Morgan fingerprint density at radius 1 is 1.04 bits per heavy atom. The first-order chi connectivity index (χ1) is 12.9. The molecule has 1 aliphatic carbocycles. The van der Waals surface area contributed by atoms with Crippen molar-refractivity contribution in [3.63, 3.8) is 0 Å². The molecule has 1 aromatic carbocycles. The number of aromatic nitrogens is 2. The number of rotatable bonds is 3. The smallest absolute Gasteiger partial charge is 0.0946 e. The molecule has 1 N–H and O–H groups in total. The number of benzene rings is 1. The van der Waals surface area contributed by atoms with Crippen LogP contribution in [-0.2, 0) is 0 Å². The zero-order valence-corrected chi connectivity index (χ0v) is 14.6. The number of aliphatic imine (C=N–C) groups is 2. The van der Waals surface area contributed by atoms with Crippen LogP contribution in [0.3, 0.4) is 0 Å².